The molecule has 1 unspecified atom stereocenters. The minimum atomic E-state index is 0.00577. The summed E-state index contributed by atoms with van der Waals surface area (Å²) in [6, 6.07) is 7.04. The van der Waals surface area contributed by atoms with Crippen molar-refractivity contribution in [3.8, 4) is 5.75 Å². The normalized spacial score (nSPS) is 18.9. The van der Waals surface area contributed by atoms with Crippen LogP contribution in [0.5, 0.6) is 5.75 Å². The van der Waals surface area contributed by atoms with Gasteiger partial charge in [0.05, 0.1) is 6.10 Å². The topological polar surface area (TPSA) is 64.8 Å². The number of benzene rings is 1. The molecule has 1 aromatic rings. The van der Waals surface area contributed by atoms with Gasteiger partial charge in [-0.2, -0.15) is 0 Å². The van der Waals surface area contributed by atoms with E-state index in [4.69, 9.17) is 15.2 Å². The highest BCUT2D eigenvalue weighted by Crippen LogP contribution is 2.15. The summed E-state index contributed by atoms with van der Waals surface area (Å²) in [6.07, 6.45) is 2.17. The third-order valence-electron chi connectivity index (χ3n) is 3.38. The quantitative estimate of drug-likeness (QED) is 0.832. The molecule has 2 N–H and O–H groups in total. The second kappa shape index (κ2) is 7.14. The summed E-state index contributed by atoms with van der Waals surface area (Å²) >= 11 is 0. The Balaban J connectivity index is 1.80. The number of likely N-dealkylation sites (tertiary alicyclic amines) is 1. The van der Waals surface area contributed by atoms with Crippen molar-refractivity contribution in [1.82, 2.24) is 4.90 Å². The molecule has 20 heavy (non-hydrogen) atoms. The smallest absolute Gasteiger partial charge is 0.260 e. The van der Waals surface area contributed by atoms with Gasteiger partial charge in [-0.3, -0.25) is 4.79 Å². The van der Waals surface area contributed by atoms with Gasteiger partial charge in [0.1, 0.15) is 5.75 Å². The van der Waals surface area contributed by atoms with Gasteiger partial charge >= 0.3 is 0 Å². The lowest BCUT2D eigenvalue weighted by atomic mass is 10.1. The van der Waals surface area contributed by atoms with Crippen LogP contribution in [0.1, 0.15) is 19.8 Å². The molecule has 1 aliphatic heterocycles. The van der Waals surface area contributed by atoms with Gasteiger partial charge in [0.25, 0.3) is 5.91 Å². The van der Waals surface area contributed by atoms with Crippen molar-refractivity contribution in [3.63, 3.8) is 0 Å². The maximum Gasteiger partial charge on any atom is 0.260 e. The van der Waals surface area contributed by atoms with E-state index in [1.807, 2.05) is 11.8 Å². The van der Waals surface area contributed by atoms with Crippen LogP contribution in [-0.2, 0) is 9.53 Å². The van der Waals surface area contributed by atoms with Crippen molar-refractivity contribution in [2.24, 2.45) is 0 Å². The number of ether oxygens (including phenoxy) is 2. The fourth-order valence-electron chi connectivity index (χ4n) is 2.34. The first-order valence-electron chi connectivity index (χ1n) is 7.06. The van der Waals surface area contributed by atoms with E-state index in [1.165, 1.54) is 0 Å². The third-order valence-corrected chi connectivity index (χ3v) is 3.38. The Morgan fingerprint density at radius 2 is 2.15 bits per heavy atom. The van der Waals surface area contributed by atoms with E-state index in [0.717, 1.165) is 19.4 Å². The Bertz CT molecular complexity index is 431. The lowest BCUT2D eigenvalue weighted by Crippen LogP contribution is -2.45. The average molecular weight is 278 g/mol. The molecule has 0 bridgehead atoms. The fraction of sp³-hybridized carbons (Fsp3) is 0.533. The van der Waals surface area contributed by atoms with Gasteiger partial charge in [-0.15, -0.1) is 0 Å². The van der Waals surface area contributed by atoms with Crippen molar-refractivity contribution >= 4 is 11.6 Å². The first-order valence-corrected chi connectivity index (χ1v) is 7.06. The zero-order chi connectivity index (χ0) is 14.4. The van der Waals surface area contributed by atoms with Crippen molar-refractivity contribution in [3.05, 3.63) is 24.3 Å². The summed E-state index contributed by atoms with van der Waals surface area (Å²) < 4.78 is 11.1. The molecule has 5 heteroatoms. The standard InChI is InChI=1S/C15H22N2O3/c1-2-19-14-4-3-9-17(10-14)15(18)11-20-13-7-5-12(16)6-8-13/h5-8,14H,2-4,9-11,16H2,1H3. The predicted octanol–water partition coefficient (Wildman–Crippen LogP) is 1.68. The molecule has 1 fully saturated rings. The monoisotopic (exact) mass is 278 g/mol. The highest BCUT2D eigenvalue weighted by atomic mass is 16.5. The molecule has 110 valence electrons. The number of nitrogens with zero attached hydrogens (tertiary/aromatic N) is 1. The number of nitrogens with two attached hydrogens (primary N) is 1. The summed E-state index contributed by atoms with van der Waals surface area (Å²) in [7, 11) is 0. The van der Waals surface area contributed by atoms with E-state index in [0.29, 0.717) is 24.6 Å². The lowest BCUT2D eigenvalue weighted by molar-refractivity contribution is -0.137. The molecule has 1 aliphatic rings. The van der Waals surface area contributed by atoms with E-state index in [2.05, 4.69) is 0 Å². The largest absolute Gasteiger partial charge is 0.484 e. The summed E-state index contributed by atoms with van der Waals surface area (Å²) in [5.74, 6) is 0.664. The van der Waals surface area contributed by atoms with Crippen molar-refractivity contribution in [2.75, 3.05) is 32.0 Å². The van der Waals surface area contributed by atoms with Crippen LogP contribution >= 0.6 is 0 Å². The van der Waals surface area contributed by atoms with Crippen molar-refractivity contribution < 1.29 is 14.3 Å². The van der Waals surface area contributed by atoms with E-state index in [-0.39, 0.29) is 18.6 Å². The Hall–Kier alpha value is -1.75. The first kappa shape index (κ1) is 14.7. The first-order chi connectivity index (χ1) is 9.69. The number of nitrogen functional groups attached to an aromatic ring is 1. The number of hydrogen-bond acceptors (Lipinski definition) is 4. The molecule has 1 aromatic carbocycles. The van der Waals surface area contributed by atoms with Crippen LogP contribution in [0, 0.1) is 0 Å². The Morgan fingerprint density at radius 1 is 1.40 bits per heavy atom. The van der Waals surface area contributed by atoms with Crippen LogP contribution in [0.25, 0.3) is 0 Å². The molecule has 0 aromatic heterocycles. The average Bonchev–Trinajstić information content (AvgIpc) is 2.47. The predicted molar refractivity (Wildman–Crippen MR) is 77.6 cm³/mol. The molecule has 0 saturated carbocycles. The lowest BCUT2D eigenvalue weighted by Gasteiger charge is -2.32. The molecule has 2 rings (SSSR count). The number of piperidine rings is 1. The second-order valence-electron chi connectivity index (χ2n) is 4.92. The van der Waals surface area contributed by atoms with Gasteiger partial charge in [-0.25, -0.2) is 0 Å². The fourth-order valence-corrected chi connectivity index (χ4v) is 2.34. The summed E-state index contributed by atoms with van der Waals surface area (Å²) in [5.41, 5.74) is 6.28. The summed E-state index contributed by atoms with van der Waals surface area (Å²) in [4.78, 5) is 13.9. The SMILES string of the molecule is CCOC1CCCN(C(=O)COc2ccc(N)cc2)C1. The minimum absolute atomic E-state index is 0.00577. The van der Waals surface area contributed by atoms with E-state index in [9.17, 15) is 4.79 Å². The molecular weight excluding hydrogens is 256 g/mol. The van der Waals surface area contributed by atoms with Gasteiger partial charge in [-0.05, 0) is 44.0 Å². The number of carbonyl (C=O) groups is 1. The van der Waals surface area contributed by atoms with Crippen LogP contribution in [0.3, 0.4) is 0 Å². The zero-order valence-electron chi connectivity index (χ0n) is 11.9. The van der Waals surface area contributed by atoms with Crippen LogP contribution in [0.4, 0.5) is 5.69 Å². The second-order valence-corrected chi connectivity index (χ2v) is 4.92. The van der Waals surface area contributed by atoms with Gasteiger partial charge in [0, 0.05) is 25.4 Å². The van der Waals surface area contributed by atoms with Crippen molar-refractivity contribution in [1.29, 1.82) is 0 Å². The van der Waals surface area contributed by atoms with Crippen LogP contribution in [0.15, 0.2) is 24.3 Å². The summed E-state index contributed by atoms with van der Waals surface area (Å²) in [5, 5.41) is 0. The number of anilines is 1. The Labute approximate surface area is 119 Å². The van der Waals surface area contributed by atoms with Gasteiger partial charge in [0.2, 0.25) is 0 Å². The third kappa shape index (κ3) is 4.13. The highest BCUT2D eigenvalue weighted by molar-refractivity contribution is 5.77. The van der Waals surface area contributed by atoms with Gasteiger partial charge in [0.15, 0.2) is 6.61 Å². The molecule has 1 saturated heterocycles. The van der Waals surface area contributed by atoms with Crippen LogP contribution in [-0.4, -0.2) is 43.2 Å². The van der Waals surface area contributed by atoms with Crippen LogP contribution in [0.2, 0.25) is 0 Å². The molecule has 1 atom stereocenters. The number of amides is 1. The number of carbonyl (C=O) groups excluding carboxylic acids is 1. The van der Waals surface area contributed by atoms with E-state index in [1.54, 1.807) is 24.3 Å². The summed E-state index contributed by atoms with van der Waals surface area (Å²) in [6.45, 7) is 4.17. The van der Waals surface area contributed by atoms with Gasteiger partial charge in [-0.1, -0.05) is 0 Å². The molecule has 1 amide bonds. The molecule has 0 radical (unpaired) electrons. The maximum atomic E-state index is 12.1. The van der Waals surface area contributed by atoms with E-state index >= 15 is 0 Å². The minimum Gasteiger partial charge on any atom is -0.484 e. The molecule has 5 nitrogen and oxygen atoms in total. The molecule has 1 heterocycles. The Morgan fingerprint density at radius 3 is 2.85 bits per heavy atom. The molecule has 0 spiro atoms. The van der Waals surface area contributed by atoms with Crippen LogP contribution < -0.4 is 10.5 Å². The molecule has 0 aliphatic carbocycles. The van der Waals surface area contributed by atoms with Gasteiger partial charge < -0.3 is 20.1 Å². The number of rotatable bonds is 5. The van der Waals surface area contributed by atoms with Crippen molar-refractivity contribution in [2.45, 2.75) is 25.9 Å². The highest BCUT2D eigenvalue weighted by Gasteiger charge is 2.23. The van der Waals surface area contributed by atoms with E-state index < -0.39 is 0 Å². The molecular formula is C15H22N2O3. The zero-order valence-corrected chi connectivity index (χ0v) is 11.9. The Kier molecular flexibility index (Phi) is 5.24. The maximum absolute atomic E-state index is 12.1. The number of hydrogen-bond donors (Lipinski definition) is 1.